The largest absolute Gasteiger partial charge is 0.399 e. The molecule has 0 aliphatic heterocycles. The summed E-state index contributed by atoms with van der Waals surface area (Å²) in [7, 11) is -3.73. The van der Waals surface area contributed by atoms with Crippen molar-refractivity contribution in [3.8, 4) is 0 Å². The van der Waals surface area contributed by atoms with E-state index in [-0.39, 0.29) is 10.7 Å². The predicted octanol–water partition coefficient (Wildman–Crippen LogP) is 1.93. The number of hydrogen-bond donors (Lipinski definition) is 2. The maximum atomic E-state index is 12.2. The van der Waals surface area contributed by atoms with Gasteiger partial charge in [0.15, 0.2) is 5.82 Å². The van der Waals surface area contributed by atoms with Crippen LogP contribution in [0.4, 0.5) is 11.5 Å². The quantitative estimate of drug-likeness (QED) is 0.830. The van der Waals surface area contributed by atoms with Crippen LogP contribution < -0.4 is 10.5 Å². The lowest BCUT2D eigenvalue weighted by atomic mass is 10.2. The fraction of sp³-hybridized carbons (Fsp3) is 0.0909. The van der Waals surface area contributed by atoms with Gasteiger partial charge in [-0.2, -0.15) is 0 Å². The van der Waals surface area contributed by atoms with Crippen molar-refractivity contribution in [2.24, 2.45) is 0 Å². The van der Waals surface area contributed by atoms with Crippen molar-refractivity contribution < 1.29 is 8.42 Å². The van der Waals surface area contributed by atoms with E-state index in [2.05, 4.69) is 30.6 Å². The van der Waals surface area contributed by atoms with Crippen molar-refractivity contribution in [2.45, 2.75) is 11.8 Å². The summed E-state index contributed by atoms with van der Waals surface area (Å²) >= 11 is 3.12. The van der Waals surface area contributed by atoms with Gasteiger partial charge in [-0.15, -0.1) is 0 Å². The molecule has 0 saturated carbocycles. The molecule has 0 spiro atoms. The third-order valence-electron chi connectivity index (χ3n) is 2.36. The standard InChI is InChI=1S/C11H11BrN4O2S/c1-7-2-3-8(13)4-9(7)19(17,18)16-11-6-14-10(12)5-15-11/h2-6H,13H2,1H3,(H,15,16). The van der Waals surface area contributed by atoms with Gasteiger partial charge < -0.3 is 5.73 Å². The first-order valence-corrected chi connectivity index (χ1v) is 7.52. The Bertz CT molecular complexity index is 701. The summed E-state index contributed by atoms with van der Waals surface area (Å²) in [6.07, 6.45) is 2.73. The Morgan fingerprint density at radius 1 is 1.26 bits per heavy atom. The first-order chi connectivity index (χ1) is 8.88. The Morgan fingerprint density at radius 3 is 2.63 bits per heavy atom. The van der Waals surface area contributed by atoms with Gasteiger partial charge in [0.1, 0.15) is 4.60 Å². The zero-order valence-electron chi connectivity index (χ0n) is 9.96. The number of nitrogens with one attached hydrogen (secondary N) is 1. The summed E-state index contributed by atoms with van der Waals surface area (Å²) in [6.45, 7) is 1.70. The maximum Gasteiger partial charge on any atom is 0.263 e. The fourth-order valence-electron chi connectivity index (χ4n) is 1.46. The molecule has 1 aromatic heterocycles. The van der Waals surface area contributed by atoms with E-state index in [4.69, 9.17) is 5.73 Å². The van der Waals surface area contributed by atoms with Crippen molar-refractivity contribution >= 4 is 37.5 Å². The zero-order valence-corrected chi connectivity index (χ0v) is 12.4. The van der Waals surface area contributed by atoms with Crippen LogP contribution in [0.2, 0.25) is 0 Å². The second kappa shape index (κ2) is 5.14. The summed E-state index contributed by atoms with van der Waals surface area (Å²) in [5.41, 5.74) is 6.60. The third kappa shape index (κ3) is 3.21. The van der Waals surface area contributed by atoms with Crippen LogP contribution in [0.3, 0.4) is 0 Å². The highest BCUT2D eigenvalue weighted by Crippen LogP contribution is 2.20. The van der Waals surface area contributed by atoms with Crippen LogP contribution >= 0.6 is 15.9 Å². The number of benzene rings is 1. The van der Waals surface area contributed by atoms with E-state index in [9.17, 15) is 8.42 Å². The second-order valence-electron chi connectivity index (χ2n) is 3.85. The Labute approximate surface area is 119 Å². The Morgan fingerprint density at radius 2 is 2.00 bits per heavy atom. The van der Waals surface area contributed by atoms with E-state index in [1.54, 1.807) is 19.1 Å². The van der Waals surface area contributed by atoms with Crippen molar-refractivity contribution in [1.29, 1.82) is 0 Å². The van der Waals surface area contributed by atoms with Gasteiger partial charge in [0.25, 0.3) is 10.0 Å². The lowest BCUT2D eigenvalue weighted by Gasteiger charge is -2.10. The van der Waals surface area contributed by atoms with E-state index in [1.165, 1.54) is 18.5 Å². The molecule has 19 heavy (non-hydrogen) atoms. The van der Waals surface area contributed by atoms with Gasteiger partial charge in [-0.05, 0) is 40.5 Å². The van der Waals surface area contributed by atoms with Crippen molar-refractivity contribution in [2.75, 3.05) is 10.5 Å². The van der Waals surface area contributed by atoms with Gasteiger partial charge >= 0.3 is 0 Å². The Balaban J connectivity index is 2.37. The highest BCUT2D eigenvalue weighted by atomic mass is 79.9. The molecule has 0 bridgehead atoms. The molecule has 3 N–H and O–H groups in total. The van der Waals surface area contributed by atoms with Gasteiger partial charge in [-0.25, -0.2) is 18.4 Å². The van der Waals surface area contributed by atoms with E-state index in [0.29, 0.717) is 15.9 Å². The molecule has 1 aromatic carbocycles. The second-order valence-corrected chi connectivity index (χ2v) is 6.32. The van der Waals surface area contributed by atoms with E-state index in [1.807, 2.05) is 0 Å². The number of hydrogen-bond acceptors (Lipinski definition) is 5. The van der Waals surface area contributed by atoms with Gasteiger partial charge in [0.2, 0.25) is 0 Å². The highest BCUT2D eigenvalue weighted by molar-refractivity contribution is 9.10. The van der Waals surface area contributed by atoms with Crippen LogP contribution in [0.25, 0.3) is 0 Å². The van der Waals surface area contributed by atoms with Crippen molar-refractivity contribution in [3.05, 3.63) is 40.8 Å². The summed E-state index contributed by atoms with van der Waals surface area (Å²) in [4.78, 5) is 7.93. The molecular formula is C11H11BrN4O2S. The summed E-state index contributed by atoms with van der Waals surface area (Å²) in [5.74, 6) is 0.144. The normalized spacial score (nSPS) is 11.3. The number of aromatic nitrogens is 2. The average Bonchev–Trinajstić information content (AvgIpc) is 2.35. The van der Waals surface area contributed by atoms with Crippen LogP contribution in [-0.4, -0.2) is 18.4 Å². The number of anilines is 2. The van der Waals surface area contributed by atoms with E-state index in [0.717, 1.165) is 0 Å². The minimum atomic E-state index is -3.73. The summed E-state index contributed by atoms with van der Waals surface area (Å²) in [5, 5.41) is 0. The lowest BCUT2D eigenvalue weighted by molar-refractivity contribution is 0.600. The third-order valence-corrected chi connectivity index (χ3v) is 4.27. The average molecular weight is 343 g/mol. The number of halogens is 1. The Kier molecular flexibility index (Phi) is 3.72. The predicted molar refractivity (Wildman–Crippen MR) is 76.1 cm³/mol. The molecule has 0 unspecified atom stereocenters. The van der Waals surface area contributed by atoms with Crippen molar-refractivity contribution in [3.63, 3.8) is 0 Å². The SMILES string of the molecule is Cc1ccc(N)cc1S(=O)(=O)Nc1cnc(Br)cn1. The molecule has 0 aliphatic rings. The number of sulfonamides is 1. The number of rotatable bonds is 3. The van der Waals surface area contributed by atoms with Gasteiger partial charge in [-0.3, -0.25) is 4.72 Å². The molecule has 0 aliphatic carbocycles. The fourth-order valence-corrected chi connectivity index (χ4v) is 2.94. The maximum absolute atomic E-state index is 12.2. The number of nitrogens with zero attached hydrogens (tertiary/aromatic N) is 2. The van der Waals surface area contributed by atoms with Gasteiger partial charge in [0.05, 0.1) is 17.3 Å². The smallest absolute Gasteiger partial charge is 0.263 e. The highest BCUT2D eigenvalue weighted by Gasteiger charge is 2.17. The molecule has 0 amide bonds. The summed E-state index contributed by atoms with van der Waals surface area (Å²) in [6, 6.07) is 4.70. The lowest BCUT2D eigenvalue weighted by Crippen LogP contribution is -2.15. The van der Waals surface area contributed by atoms with Gasteiger partial charge in [0, 0.05) is 5.69 Å². The monoisotopic (exact) mass is 342 g/mol. The van der Waals surface area contributed by atoms with Crippen LogP contribution in [-0.2, 0) is 10.0 Å². The number of aryl methyl sites for hydroxylation is 1. The number of nitrogens with two attached hydrogens (primary N) is 1. The van der Waals surface area contributed by atoms with Crippen LogP contribution in [0.15, 0.2) is 40.1 Å². The molecule has 100 valence electrons. The minimum Gasteiger partial charge on any atom is -0.399 e. The van der Waals surface area contributed by atoms with Crippen molar-refractivity contribution in [1.82, 2.24) is 9.97 Å². The molecular weight excluding hydrogens is 332 g/mol. The molecule has 0 atom stereocenters. The van der Waals surface area contributed by atoms with Crippen LogP contribution in [0, 0.1) is 6.92 Å². The Hall–Kier alpha value is -1.67. The van der Waals surface area contributed by atoms with Gasteiger partial charge in [-0.1, -0.05) is 6.07 Å². The van der Waals surface area contributed by atoms with Crippen LogP contribution in [0.1, 0.15) is 5.56 Å². The first kappa shape index (κ1) is 13.8. The molecule has 1 heterocycles. The van der Waals surface area contributed by atoms with Crippen LogP contribution in [0.5, 0.6) is 0 Å². The molecule has 0 radical (unpaired) electrons. The molecule has 8 heteroatoms. The summed E-state index contributed by atoms with van der Waals surface area (Å²) < 4.78 is 27.3. The zero-order chi connectivity index (χ0) is 14.0. The molecule has 2 aromatic rings. The minimum absolute atomic E-state index is 0.122. The topological polar surface area (TPSA) is 98.0 Å². The molecule has 2 rings (SSSR count). The first-order valence-electron chi connectivity index (χ1n) is 5.25. The molecule has 0 fully saturated rings. The molecule has 0 saturated heterocycles. The van der Waals surface area contributed by atoms with E-state index >= 15 is 0 Å². The molecule has 6 nitrogen and oxygen atoms in total. The van der Waals surface area contributed by atoms with E-state index < -0.39 is 10.0 Å². The number of nitrogen functional groups attached to an aromatic ring is 1.